The molecule has 1 atom stereocenters. The maximum atomic E-state index is 12.1. The second-order valence-electron chi connectivity index (χ2n) is 6.90. The number of carboxylic acids is 1. The molecule has 6 nitrogen and oxygen atoms in total. The maximum Gasteiger partial charge on any atom is 0.341 e. The third-order valence-electron chi connectivity index (χ3n) is 5.14. The van der Waals surface area contributed by atoms with Gasteiger partial charge in [0.1, 0.15) is 5.75 Å². The zero-order valence-corrected chi connectivity index (χ0v) is 17.2. The van der Waals surface area contributed by atoms with E-state index < -0.39 is 12.6 Å². The first-order chi connectivity index (χ1) is 13.5. The molecule has 1 aromatic heterocycles. The number of nitrogens with zero attached hydrogens (tertiary/aromatic N) is 1. The van der Waals surface area contributed by atoms with E-state index in [1.165, 1.54) is 0 Å². The molecule has 1 aliphatic carbocycles. The molecule has 1 aliphatic rings. The van der Waals surface area contributed by atoms with Crippen molar-refractivity contribution in [2.45, 2.75) is 25.3 Å². The molecular weight excluding hydrogens is 471 g/mol. The van der Waals surface area contributed by atoms with Crippen LogP contribution in [0.3, 0.4) is 0 Å². The number of carbonyl (C=O) groups excluding carboxylic acids is 1. The van der Waals surface area contributed by atoms with Gasteiger partial charge in [-0.15, -0.1) is 0 Å². The Labute approximate surface area is 175 Å². The van der Waals surface area contributed by atoms with Crippen LogP contribution in [-0.2, 0) is 22.6 Å². The van der Waals surface area contributed by atoms with Gasteiger partial charge >= 0.3 is 5.97 Å². The van der Waals surface area contributed by atoms with E-state index in [1.54, 1.807) is 6.07 Å². The van der Waals surface area contributed by atoms with Gasteiger partial charge in [-0.25, -0.2) is 4.79 Å². The first-order valence-electron chi connectivity index (χ1n) is 8.98. The van der Waals surface area contributed by atoms with Gasteiger partial charge in [0.15, 0.2) is 6.61 Å². The minimum absolute atomic E-state index is 0.361. The first kappa shape index (κ1) is 18.8. The second-order valence-corrected chi connectivity index (χ2v) is 8.15. The molecular formula is C21H19IN2O4. The number of primary amides is 1. The van der Waals surface area contributed by atoms with Crippen LogP contribution in [0.4, 0.5) is 0 Å². The molecule has 0 radical (unpaired) electrons. The Morgan fingerprint density at radius 2 is 2.04 bits per heavy atom. The van der Waals surface area contributed by atoms with Crippen molar-refractivity contribution in [2.24, 2.45) is 5.73 Å². The average molecular weight is 490 g/mol. The number of ether oxygens (including phenoxy) is 1. The summed E-state index contributed by atoms with van der Waals surface area (Å²) in [7, 11) is 0. The van der Waals surface area contributed by atoms with E-state index >= 15 is 0 Å². The summed E-state index contributed by atoms with van der Waals surface area (Å²) in [6.07, 6.45) is 1.41. The van der Waals surface area contributed by atoms with Crippen LogP contribution in [0.15, 0.2) is 42.5 Å². The number of halogens is 1. The lowest BCUT2D eigenvalue weighted by atomic mass is 9.99. The van der Waals surface area contributed by atoms with Crippen LogP contribution in [0.1, 0.15) is 29.2 Å². The van der Waals surface area contributed by atoms with Crippen LogP contribution in [0.25, 0.3) is 10.9 Å². The van der Waals surface area contributed by atoms with Gasteiger partial charge in [-0.3, -0.25) is 4.79 Å². The maximum absolute atomic E-state index is 12.1. The van der Waals surface area contributed by atoms with Crippen LogP contribution < -0.4 is 10.5 Å². The third kappa shape index (κ3) is 3.34. The molecule has 0 aliphatic heterocycles. The fourth-order valence-electron chi connectivity index (χ4n) is 4.06. The van der Waals surface area contributed by atoms with Gasteiger partial charge in [0, 0.05) is 21.2 Å². The van der Waals surface area contributed by atoms with Crippen molar-refractivity contribution in [3.05, 3.63) is 62.9 Å². The molecule has 4 rings (SSSR count). The van der Waals surface area contributed by atoms with E-state index in [9.17, 15) is 9.59 Å². The Hall–Kier alpha value is -2.55. The second kappa shape index (κ2) is 7.46. The van der Waals surface area contributed by atoms with E-state index in [1.807, 2.05) is 24.3 Å². The summed E-state index contributed by atoms with van der Waals surface area (Å²) in [5.74, 6) is -1.31. The number of carboxylic acid groups (broad SMARTS) is 1. The normalized spacial score (nSPS) is 15.5. The van der Waals surface area contributed by atoms with E-state index in [0.717, 1.165) is 37.7 Å². The largest absolute Gasteiger partial charge is 0.481 e. The highest BCUT2D eigenvalue weighted by Crippen LogP contribution is 2.44. The van der Waals surface area contributed by atoms with Crippen molar-refractivity contribution in [2.75, 3.05) is 6.61 Å². The Bertz CT molecular complexity index is 1090. The summed E-state index contributed by atoms with van der Waals surface area (Å²) in [5, 5.41) is 9.80. The van der Waals surface area contributed by atoms with Crippen LogP contribution in [0.2, 0.25) is 0 Å². The number of hydrogen-bond acceptors (Lipinski definition) is 3. The Morgan fingerprint density at radius 3 is 2.75 bits per heavy atom. The molecule has 0 fully saturated rings. The van der Waals surface area contributed by atoms with Gasteiger partial charge in [0.05, 0.1) is 11.4 Å². The smallest absolute Gasteiger partial charge is 0.341 e. The van der Waals surface area contributed by atoms with Crippen LogP contribution >= 0.6 is 22.6 Å². The van der Waals surface area contributed by atoms with E-state index in [4.69, 9.17) is 15.6 Å². The van der Waals surface area contributed by atoms with Crippen molar-refractivity contribution in [1.29, 1.82) is 0 Å². The standard InChI is InChI=1S/C21H19IN2O4/c22-13-4-1-3-12(9-13)10-24-15-5-2-6-17(28-11-18(25)26)20(15)19-14(21(23)27)7-8-16(19)24/h1-6,9,14H,7-8,10-11H2,(H2,23,27)(H,25,26). The predicted molar refractivity (Wildman–Crippen MR) is 114 cm³/mol. The summed E-state index contributed by atoms with van der Waals surface area (Å²) in [6.45, 7) is 0.230. The number of nitrogens with two attached hydrogens (primary N) is 1. The summed E-state index contributed by atoms with van der Waals surface area (Å²) >= 11 is 2.29. The molecule has 0 saturated carbocycles. The lowest BCUT2D eigenvalue weighted by molar-refractivity contribution is -0.139. The molecule has 3 aromatic rings. The fourth-order valence-corrected chi connectivity index (χ4v) is 4.67. The van der Waals surface area contributed by atoms with Crippen molar-refractivity contribution in [1.82, 2.24) is 4.57 Å². The topological polar surface area (TPSA) is 94.6 Å². The molecule has 28 heavy (non-hydrogen) atoms. The number of aliphatic carboxylic acids is 1. The van der Waals surface area contributed by atoms with Crippen LogP contribution in [-0.4, -0.2) is 28.2 Å². The number of hydrogen-bond donors (Lipinski definition) is 2. The van der Waals surface area contributed by atoms with Crippen molar-refractivity contribution >= 4 is 45.4 Å². The van der Waals surface area contributed by atoms with Gasteiger partial charge in [0.2, 0.25) is 5.91 Å². The predicted octanol–water partition coefficient (Wildman–Crippen LogP) is 3.27. The molecule has 0 bridgehead atoms. The molecule has 144 valence electrons. The van der Waals surface area contributed by atoms with Gasteiger partial charge < -0.3 is 20.1 Å². The van der Waals surface area contributed by atoms with Crippen LogP contribution in [0, 0.1) is 3.57 Å². The quantitative estimate of drug-likeness (QED) is 0.519. The molecule has 7 heteroatoms. The Morgan fingerprint density at radius 1 is 1.25 bits per heavy atom. The molecule has 0 saturated heterocycles. The zero-order valence-electron chi connectivity index (χ0n) is 15.0. The molecule has 1 unspecified atom stereocenters. The number of carbonyl (C=O) groups is 2. The fraction of sp³-hybridized carbons (Fsp3) is 0.238. The molecule has 1 heterocycles. The summed E-state index contributed by atoms with van der Waals surface area (Å²) < 4.78 is 8.91. The van der Waals surface area contributed by atoms with Crippen molar-refractivity contribution < 1.29 is 19.4 Å². The first-order valence-corrected chi connectivity index (χ1v) is 10.1. The van der Waals surface area contributed by atoms with Gasteiger partial charge in [0.25, 0.3) is 0 Å². The number of rotatable bonds is 6. The minimum atomic E-state index is -1.04. The zero-order chi connectivity index (χ0) is 19.8. The molecule has 2 aromatic carbocycles. The molecule has 1 amide bonds. The highest BCUT2D eigenvalue weighted by Gasteiger charge is 2.34. The highest BCUT2D eigenvalue weighted by molar-refractivity contribution is 14.1. The SMILES string of the molecule is NC(=O)C1CCc2c1c1c(OCC(=O)O)cccc1n2Cc1cccc(I)c1. The lowest BCUT2D eigenvalue weighted by Gasteiger charge is -2.12. The van der Waals surface area contributed by atoms with Gasteiger partial charge in [-0.05, 0) is 70.8 Å². The average Bonchev–Trinajstić information content (AvgIpc) is 3.20. The summed E-state index contributed by atoms with van der Waals surface area (Å²) in [5.41, 5.74) is 9.72. The number of fused-ring (bicyclic) bond motifs is 3. The molecule has 0 spiro atoms. The van der Waals surface area contributed by atoms with Crippen molar-refractivity contribution in [3.8, 4) is 5.75 Å². The monoisotopic (exact) mass is 490 g/mol. The minimum Gasteiger partial charge on any atom is -0.481 e. The third-order valence-corrected chi connectivity index (χ3v) is 5.81. The van der Waals surface area contributed by atoms with E-state index in [2.05, 4.69) is 39.3 Å². The van der Waals surface area contributed by atoms with E-state index in [-0.39, 0.29) is 11.8 Å². The number of aromatic nitrogens is 1. The van der Waals surface area contributed by atoms with Gasteiger partial charge in [-0.1, -0.05) is 18.2 Å². The Balaban J connectivity index is 1.89. The summed E-state index contributed by atoms with van der Waals surface area (Å²) in [6, 6.07) is 13.8. The Kier molecular flexibility index (Phi) is 5.01. The lowest BCUT2D eigenvalue weighted by Crippen LogP contribution is -2.19. The van der Waals surface area contributed by atoms with Gasteiger partial charge in [-0.2, -0.15) is 0 Å². The number of amides is 1. The molecule has 3 N–H and O–H groups in total. The number of benzene rings is 2. The highest BCUT2D eigenvalue weighted by atomic mass is 127. The summed E-state index contributed by atoms with van der Waals surface area (Å²) in [4.78, 5) is 23.1. The van der Waals surface area contributed by atoms with Crippen molar-refractivity contribution in [3.63, 3.8) is 0 Å². The van der Waals surface area contributed by atoms with Crippen LogP contribution in [0.5, 0.6) is 5.75 Å². The van der Waals surface area contributed by atoms with E-state index in [0.29, 0.717) is 18.7 Å².